The molecule has 1 rings (SSSR count). The Morgan fingerprint density at radius 2 is 0.829 bits per heavy atom. The van der Waals surface area contributed by atoms with Gasteiger partial charge in [0.2, 0.25) is 0 Å². The quantitative estimate of drug-likeness (QED) is 0.129. The largest absolute Gasteiger partial charge is 0.464 e. The van der Waals surface area contributed by atoms with E-state index in [-0.39, 0.29) is 5.56 Å². The SMILES string of the molecule is C=C(NC(=O)C(=C)NC(=O)C(=C)NC(=O)c1ccc(Br)cc1)C(=O)NC(=C)C(=O)NC(=C)C(=O)NC(=C)C(=O)OC. The molecule has 0 bridgehead atoms. The highest BCUT2D eigenvalue weighted by Crippen LogP contribution is 2.10. The zero-order chi connectivity index (χ0) is 31.4. The summed E-state index contributed by atoms with van der Waals surface area (Å²) in [4.78, 5) is 84.5. The number of methoxy groups -OCH3 is 1. The molecule has 0 saturated heterocycles. The minimum absolute atomic E-state index is 0.244. The standard InChI is InChI=1S/C26H25BrN6O8/c1-12(20(34)29-13(2)22(36)31-15(4)24(38)33-17(6)26(40)41-7)28-21(35)14(3)30-23(37)16(5)32-25(39)18-8-10-19(27)11-9-18/h8-11H,1-6H2,7H3,(H,28,35)(H,29,34)(H,30,37)(H,31,36)(H,32,39)(H,33,38). The lowest BCUT2D eigenvalue weighted by Crippen LogP contribution is -2.42. The topological polar surface area (TPSA) is 201 Å². The fourth-order valence-electron chi connectivity index (χ4n) is 2.33. The van der Waals surface area contributed by atoms with Gasteiger partial charge in [-0.1, -0.05) is 55.4 Å². The predicted molar refractivity (Wildman–Crippen MR) is 149 cm³/mol. The Hall–Kier alpha value is -5.57. The van der Waals surface area contributed by atoms with Crippen LogP contribution in [0.3, 0.4) is 0 Å². The van der Waals surface area contributed by atoms with Crippen LogP contribution < -0.4 is 31.9 Å². The highest BCUT2D eigenvalue weighted by Gasteiger charge is 2.21. The molecule has 41 heavy (non-hydrogen) atoms. The van der Waals surface area contributed by atoms with Gasteiger partial charge in [-0.15, -0.1) is 0 Å². The van der Waals surface area contributed by atoms with E-state index in [1.165, 1.54) is 12.1 Å². The van der Waals surface area contributed by atoms with Crippen molar-refractivity contribution in [3.05, 3.63) is 108 Å². The fourth-order valence-corrected chi connectivity index (χ4v) is 2.60. The minimum Gasteiger partial charge on any atom is -0.464 e. The van der Waals surface area contributed by atoms with Crippen molar-refractivity contribution < 1.29 is 38.3 Å². The second kappa shape index (κ2) is 15.1. The monoisotopic (exact) mass is 628 g/mol. The third kappa shape index (κ3) is 10.6. The van der Waals surface area contributed by atoms with Crippen LogP contribution in [0.5, 0.6) is 0 Å². The van der Waals surface area contributed by atoms with Gasteiger partial charge in [0.05, 0.1) is 35.6 Å². The van der Waals surface area contributed by atoms with E-state index < -0.39 is 75.6 Å². The maximum Gasteiger partial charge on any atom is 0.353 e. The normalized spacial score (nSPS) is 9.51. The molecule has 15 heteroatoms. The fraction of sp³-hybridized carbons (Fsp3) is 0.0385. The number of benzene rings is 1. The van der Waals surface area contributed by atoms with Gasteiger partial charge in [-0.2, -0.15) is 0 Å². The van der Waals surface area contributed by atoms with Crippen LogP contribution in [0.25, 0.3) is 0 Å². The van der Waals surface area contributed by atoms with E-state index in [0.717, 1.165) is 11.6 Å². The molecule has 0 atom stereocenters. The van der Waals surface area contributed by atoms with Gasteiger partial charge in [-0.25, -0.2) is 4.79 Å². The number of nitrogens with one attached hydrogen (secondary N) is 6. The predicted octanol–water partition coefficient (Wildman–Crippen LogP) is 0.0151. The summed E-state index contributed by atoms with van der Waals surface area (Å²) in [6.45, 7) is 20.1. The summed E-state index contributed by atoms with van der Waals surface area (Å²) >= 11 is 3.23. The van der Waals surface area contributed by atoms with Crippen molar-refractivity contribution in [2.24, 2.45) is 0 Å². The molecule has 0 aliphatic heterocycles. The van der Waals surface area contributed by atoms with Crippen LogP contribution in [0, 0.1) is 0 Å². The Labute approximate surface area is 242 Å². The Balaban J connectivity index is 2.57. The van der Waals surface area contributed by atoms with E-state index >= 15 is 0 Å². The minimum atomic E-state index is -1.09. The number of hydrogen-bond donors (Lipinski definition) is 6. The highest BCUT2D eigenvalue weighted by atomic mass is 79.9. The van der Waals surface area contributed by atoms with Crippen molar-refractivity contribution in [3.63, 3.8) is 0 Å². The first-order chi connectivity index (χ1) is 19.1. The third-order valence-electron chi connectivity index (χ3n) is 4.50. The summed E-state index contributed by atoms with van der Waals surface area (Å²) in [6, 6.07) is 6.25. The molecule has 0 heterocycles. The first-order valence-corrected chi connectivity index (χ1v) is 11.7. The number of hydrogen-bond acceptors (Lipinski definition) is 8. The van der Waals surface area contributed by atoms with Crippen molar-refractivity contribution in [1.82, 2.24) is 31.9 Å². The third-order valence-corrected chi connectivity index (χ3v) is 5.02. The number of halogens is 1. The van der Waals surface area contributed by atoms with Crippen molar-refractivity contribution in [3.8, 4) is 0 Å². The summed E-state index contributed by atoms with van der Waals surface area (Å²) in [7, 11) is 1.07. The van der Waals surface area contributed by atoms with Crippen LogP contribution >= 0.6 is 15.9 Å². The lowest BCUT2D eigenvalue weighted by Gasteiger charge is -2.14. The molecule has 1 aromatic carbocycles. The second-order valence-corrected chi connectivity index (χ2v) is 8.51. The molecule has 0 fully saturated rings. The van der Waals surface area contributed by atoms with Gasteiger partial charge in [0.1, 0.15) is 5.70 Å². The molecular formula is C26H25BrN6O8. The molecule has 14 nitrogen and oxygen atoms in total. The van der Waals surface area contributed by atoms with Crippen LogP contribution in [0.1, 0.15) is 10.4 Å². The average Bonchev–Trinajstić information content (AvgIpc) is 2.92. The van der Waals surface area contributed by atoms with Crippen LogP contribution in [-0.2, 0) is 33.5 Å². The Morgan fingerprint density at radius 1 is 0.537 bits per heavy atom. The van der Waals surface area contributed by atoms with Gasteiger partial charge in [0.25, 0.3) is 35.4 Å². The van der Waals surface area contributed by atoms with Crippen LogP contribution in [0.4, 0.5) is 0 Å². The van der Waals surface area contributed by atoms with Gasteiger partial charge in [-0.3, -0.25) is 28.8 Å². The van der Waals surface area contributed by atoms with Gasteiger partial charge in [-0.05, 0) is 24.3 Å². The van der Waals surface area contributed by atoms with E-state index in [1.54, 1.807) is 12.1 Å². The van der Waals surface area contributed by atoms with E-state index in [0.29, 0.717) is 0 Å². The molecule has 0 spiro atoms. The lowest BCUT2D eigenvalue weighted by atomic mass is 10.2. The van der Waals surface area contributed by atoms with E-state index in [4.69, 9.17) is 0 Å². The molecule has 6 N–H and O–H groups in total. The van der Waals surface area contributed by atoms with Crippen LogP contribution in [-0.4, -0.2) is 48.5 Å². The Kier molecular flexibility index (Phi) is 12.3. The smallest absolute Gasteiger partial charge is 0.353 e. The molecule has 6 amide bonds. The van der Waals surface area contributed by atoms with E-state index in [2.05, 4.69) is 70.8 Å². The number of amides is 6. The number of carbonyl (C=O) groups excluding carboxylic acids is 7. The molecule has 0 unspecified atom stereocenters. The Morgan fingerprint density at radius 3 is 1.15 bits per heavy atom. The molecule has 1 aromatic rings. The van der Waals surface area contributed by atoms with Crippen molar-refractivity contribution in [2.45, 2.75) is 0 Å². The Bertz CT molecular complexity index is 1410. The van der Waals surface area contributed by atoms with Crippen molar-refractivity contribution >= 4 is 57.3 Å². The molecule has 0 aliphatic carbocycles. The van der Waals surface area contributed by atoms with Gasteiger partial charge < -0.3 is 36.6 Å². The summed E-state index contributed by atoms with van der Waals surface area (Å²) in [5, 5.41) is 12.5. The van der Waals surface area contributed by atoms with Crippen LogP contribution in [0.2, 0.25) is 0 Å². The van der Waals surface area contributed by atoms with Gasteiger partial charge >= 0.3 is 5.97 Å². The molecule has 0 aromatic heterocycles. The van der Waals surface area contributed by atoms with Crippen LogP contribution in [0.15, 0.2) is 102 Å². The second-order valence-electron chi connectivity index (χ2n) is 7.59. The summed E-state index contributed by atoms with van der Waals surface area (Å²) < 4.78 is 5.11. The van der Waals surface area contributed by atoms with Gasteiger partial charge in [0, 0.05) is 10.0 Å². The summed E-state index contributed by atoms with van der Waals surface area (Å²) in [5.41, 5.74) is -2.77. The van der Waals surface area contributed by atoms with Gasteiger partial charge in [0.15, 0.2) is 0 Å². The van der Waals surface area contributed by atoms with Crippen molar-refractivity contribution in [1.29, 1.82) is 0 Å². The first-order valence-electron chi connectivity index (χ1n) is 10.9. The summed E-state index contributed by atoms with van der Waals surface area (Å²) in [6.07, 6.45) is 0. The maximum atomic E-state index is 12.3. The molecule has 0 radical (unpaired) electrons. The molecule has 214 valence electrons. The molecule has 0 saturated carbocycles. The molecular weight excluding hydrogens is 604 g/mol. The zero-order valence-corrected chi connectivity index (χ0v) is 23.3. The first kappa shape index (κ1) is 33.5. The number of esters is 1. The zero-order valence-electron chi connectivity index (χ0n) is 21.7. The maximum absolute atomic E-state index is 12.3. The molecule has 0 aliphatic rings. The highest BCUT2D eigenvalue weighted by molar-refractivity contribution is 9.10. The number of ether oxygens (including phenoxy) is 1. The number of carbonyl (C=O) groups is 7. The number of rotatable bonds is 13. The summed E-state index contributed by atoms with van der Waals surface area (Å²) in [5.74, 6) is -6.73. The lowest BCUT2D eigenvalue weighted by molar-refractivity contribution is -0.137. The van der Waals surface area contributed by atoms with E-state index in [1.807, 2.05) is 21.3 Å². The van der Waals surface area contributed by atoms with E-state index in [9.17, 15) is 33.6 Å². The average molecular weight is 629 g/mol. The van der Waals surface area contributed by atoms with Crippen molar-refractivity contribution in [2.75, 3.05) is 7.11 Å².